The highest BCUT2D eigenvalue weighted by Crippen LogP contribution is 2.32. The minimum absolute atomic E-state index is 0.824. The summed E-state index contributed by atoms with van der Waals surface area (Å²) < 4.78 is 1.23. The topological polar surface area (TPSA) is 0 Å². The number of thiol groups is 1. The first-order chi connectivity index (χ1) is 5.68. The van der Waals surface area contributed by atoms with Crippen LogP contribution in [0.1, 0.15) is 5.56 Å². The number of aryl methyl sites for hydroxylation is 1. The molecule has 0 radical (unpaired) electrons. The summed E-state index contributed by atoms with van der Waals surface area (Å²) in [5.41, 5.74) is 1.20. The van der Waals surface area contributed by atoms with E-state index in [1.165, 1.54) is 10.3 Å². The normalized spacial score (nSPS) is 10.9. The first-order valence-corrected chi connectivity index (χ1v) is 5.25. The molecule has 0 amide bonds. The molecule has 0 aliphatic carbocycles. The second-order valence-electron chi connectivity index (χ2n) is 2.72. The number of hydrogen-bond acceptors (Lipinski definition) is 2. The summed E-state index contributed by atoms with van der Waals surface area (Å²) >= 11 is 12.0. The molecule has 1 aromatic carbocycles. The zero-order valence-electron chi connectivity index (χ0n) is 6.47. The third kappa shape index (κ3) is 1.24. The van der Waals surface area contributed by atoms with Gasteiger partial charge in [-0.25, -0.2) is 0 Å². The maximum atomic E-state index is 5.97. The molecule has 2 aromatic rings. The Balaban J connectivity index is 2.87. The molecule has 0 aliphatic heterocycles. The Bertz CT molecular complexity index is 431. The van der Waals surface area contributed by atoms with E-state index in [-0.39, 0.29) is 0 Å². The van der Waals surface area contributed by atoms with Crippen molar-refractivity contribution in [3.63, 3.8) is 0 Å². The lowest BCUT2D eigenvalue weighted by molar-refractivity contribution is 1.35. The molecule has 0 fully saturated rings. The van der Waals surface area contributed by atoms with E-state index in [1.807, 2.05) is 11.4 Å². The SMILES string of the molecule is Cc1cc2scc(Cl)c2cc1S. The number of fused-ring (bicyclic) bond motifs is 1. The molecule has 0 unspecified atom stereocenters. The van der Waals surface area contributed by atoms with Crippen LogP contribution in [0, 0.1) is 6.92 Å². The molecular formula is C9H7ClS2. The van der Waals surface area contributed by atoms with E-state index in [0.717, 1.165) is 15.3 Å². The fourth-order valence-corrected chi connectivity index (χ4v) is 2.57. The Kier molecular flexibility index (Phi) is 2.07. The molecule has 0 saturated heterocycles. The first kappa shape index (κ1) is 8.42. The maximum Gasteiger partial charge on any atom is 0.0592 e. The molecule has 1 aromatic heterocycles. The zero-order valence-corrected chi connectivity index (χ0v) is 8.93. The summed E-state index contributed by atoms with van der Waals surface area (Å²) in [5.74, 6) is 0. The quantitative estimate of drug-likeness (QED) is 0.626. The largest absolute Gasteiger partial charge is 0.143 e. The highest BCUT2D eigenvalue weighted by Gasteiger charge is 2.03. The van der Waals surface area contributed by atoms with Gasteiger partial charge in [-0.1, -0.05) is 11.6 Å². The molecule has 0 N–H and O–H groups in total. The van der Waals surface area contributed by atoms with Gasteiger partial charge < -0.3 is 0 Å². The van der Waals surface area contributed by atoms with Crippen molar-refractivity contribution in [3.8, 4) is 0 Å². The summed E-state index contributed by atoms with van der Waals surface area (Å²) in [6, 6.07) is 4.14. The Labute approximate surface area is 85.6 Å². The van der Waals surface area contributed by atoms with Gasteiger partial charge in [0.15, 0.2) is 0 Å². The molecule has 62 valence electrons. The zero-order chi connectivity index (χ0) is 8.72. The molecule has 0 atom stereocenters. The van der Waals surface area contributed by atoms with Crippen LogP contribution < -0.4 is 0 Å². The highest BCUT2D eigenvalue weighted by molar-refractivity contribution is 7.80. The van der Waals surface area contributed by atoms with Crippen LogP contribution in [0.5, 0.6) is 0 Å². The van der Waals surface area contributed by atoms with Crippen molar-refractivity contribution in [2.75, 3.05) is 0 Å². The predicted molar refractivity (Wildman–Crippen MR) is 58.8 cm³/mol. The summed E-state index contributed by atoms with van der Waals surface area (Å²) in [7, 11) is 0. The predicted octanol–water partition coefficient (Wildman–Crippen LogP) is 4.15. The van der Waals surface area contributed by atoms with Crippen molar-refractivity contribution in [2.45, 2.75) is 11.8 Å². The van der Waals surface area contributed by atoms with Crippen LogP contribution in [0.4, 0.5) is 0 Å². The van der Waals surface area contributed by atoms with E-state index in [4.69, 9.17) is 11.6 Å². The van der Waals surface area contributed by atoms with Crippen molar-refractivity contribution in [1.82, 2.24) is 0 Å². The average molecular weight is 215 g/mol. The molecule has 1 heterocycles. The highest BCUT2D eigenvalue weighted by atomic mass is 35.5. The minimum Gasteiger partial charge on any atom is -0.143 e. The smallest absolute Gasteiger partial charge is 0.0592 e. The molecule has 0 spiro atoms. The van der Waals surface area contributed by atoms with E-state index in [9.17, 15) is 0 Å². The van der Waals surface area contributed by atoms with E-state index in [0.29, 0.717) is 0 Å². The Morgan fingerprint density at radius 1 is 1.42 bits per heavy atom. The minimum atomic E-state index is 0.824. The summed E-state index contributed by atoms with van der Waals surface area (Å²) in [6.45, 7) is 2.05. The van der Waals surface area contributed by atoms with Crippen LogP contribution in [0.3, 0.4) is 0 Å². The van der Waals surface area contributed by atoms with Gasteiger partial charge in [-0.3, -0.25) is 0 Å². The number of rotatable bonds is 0. The average Bonchev–Trinajstić information content (AvgIpc) is 2.35. The second kappa shape index (κ2) is 2.95. The standard InChI is InChI=1S/C9H7ClS2/c1-5-2-9-6(3-8(5)11)7(10)4-12-9/h2-4,11H,1H3. The summed E-state index contributed by atoms with van der Waals surface area (Å²) in [4.78, 5) is 1.00. The molecule has 0 aliphatic rings. The molecular weight excluding hydrogens is 208 g/mol. The van der Waals surface area contributed by atoms with E-state index < -0.39 is 0 Å². The van der Waals surface area contributed by atoms with E-state index >= 15 is 0 Å². The lowest BCUT2D eigenvalue weighted by Crippen LogP contribution is -1.74. The third-order valence-corrected chi connectivity index (χ3v) is 3.71. The number of benzene rings is 1. The van der Waals surface area contributed by atoms with Gasteiger partial charge in [0.1, 0.15) is 0 Å². The number of thiophene rings is 1. The van der Waals surface area contributed by atoms with Gasteiger partial charge >= 0.3 is 0 Å². The van der Waals surface area contributed by atoms with Crippen molar-refractivity contribution in [2.24, 2.45) is 0 Å². The maximum absolute atomic E-state index is 5.97. The van der Waals surface area contributed by atoms with E-state index in [2.05, 4.69) is 25.6 Å². The van der Waals surface area contributed by atoms with Gasteiger partial charge in [0.05, 0.1) is 5.02 Å². The number of hydrogen-bond donors (Lipinski definition) is 1. The fraction of sp³-hybridized carbons (Fsp3) is 0.111. The second-order valence-corrected chi connectivity index (χ2v) is 4.52. The lowest BCUT2D eigenvalue weighted by Gasteiger charge is -1.98. The van der Waals surface area contributed by atoms with Gasteiger partial charge in [0, 0.05) is 20.4 Å². The van der Waals surface area contributed by atoms with Crippen LogP contribution >= 0.6 is 35.6 Å². The molecule has 2 rings (SSSR count). The van der Waals surface area contributed by atoms with Crippen LogP contribution in [-0.4, -0.2) is 0 Å². The number of halogens is 1. The van der Waals surface area contributed by atoms with Crippen molar-refractivity contribution < 1.29 is 0 Å². The van der Waals surface area contributed by atoms with Crippen LogP contribution in [0.25, 0.3) is 10.1 Å². The lowest BCUT2D eigenvalue weighted by atomic mass is 10.2. The molecule has 0 nitrogen and oxygen atoms in total. The van der Waals surface area contributed by atoms with Gasteiger partial charge in [0.25, 0.3) is 0 Å². The van der Waals surface area contributed by atoms with Gasteiger partial charge in [-0.15, -0.1) is 24.0 Å². The third-order valence-electron chi connectivity index (χ3n) is 1.84. The fourth-order valence-electron chi connectivity index (χ4n) is 1.13. The van der Waals surface area contributed by atoms with E-state index in [1.54, 1.807) is 11.3 Å². The van der Waals surface area contributed by atoms with Crippen LogP contribution in [0.2, 0.25) is 5.02 Å². The van der Waals surface area contributed by atoms with Crippen LogP contribution in [-0.2, 0) is 0 Å². The first-order valence-electron chi connectivity index (χ1n) is 3.55. The Morgan fingerprint density at radius 3 is 2.92 bits per heavy atom. The van der Waals surface area contributed by atoms with Crippen LogP contribution in [0.15, 0.2) is 22.4 Å². The molecule has 3 heteroatoms. The van der Waals surface area contributed by atoms with Gasteiger partial charge in [-0.2, -0.15) is 0 Å². The van der Waals surface area contributed by atoms with Crippen molar-refractivity contribution in [3.05, 3.63) is 28.1 Å². The molecule has 0 bridgehead atoms. The summed E-state index contributed by atoms with van der Waals surface area (Å²) in [5, 5.41) is 3.89. The van der Waals surface area contributed by atoms with Gasteiger partial charge in [0.2, 0.25) is 0 Å². The summed E-state index contributed by atoms with van der Waals surface area (Å²) in [6.07, 6.45) is 0. The van der Waals surface area contributed by atoms with Gasteiger partial charge in [-0.05, 0) is 24.6 Å². The van der Waals surface area contributed by atoms with Crippen molar-refractivity contribution >= 4 is 45.7 Å². The Morgan fingerprint density at radius 2 is 2.17 bits per heavy atom. The molecule has 0 saturated carbocycles. The molecule has 12 heavy (non-hydrogen) atoms. The van der Waals surface area contributed by atoms with Crippen molar-refractivity contribution in [1.29, 1.82) is 0 Å². The monoisotopic (exact) mass is 214 g/mol. The Hall–Kier alpha value is -0.180.